The Kier molecular flexibility index (Phi) is 9.91. The number of benzene rings is 1. The molecule has 0 unspecified atom stereocenters. The zero-order chi connectivity index (χ0) is 17.4. The number of nitrogens with one attached hydrogen (secondary N) is 1. The Morgan fingerprint density at radius 2 is 1.88 bits per heavy atom. The summed E-state index contributed by atoms with van der Waals surface area (Å²) in [7, 11) is 2.00. The van der Waals surface area contributed by atoms with Crippen LogP contribution >= 0.6 is 12.4 Å². The van der Waals surface area contributed by atoms with Crippen LogP contribution in [0.3, 0.4) is 0 Å². The van der Waals surface area contributed by atoms with E-state index < -0.39 is 0 Å². The monoisotopic (exact) mass is 368 g/mol. The number of hydrogen-bond acceptors (Lipinski definition) is 3. The van der Waals surface area contributed by atoms with Crippen LogP contribution in [0.2, 0.25) is 0 Å². The lowest BCUT2D eigenvalue weighted by Crippen LogP contribution is -2.39. The minimum atomic E-state index is 0. The summed E-state index contributed by atoms with van der Waals surface area (Å²) < 4.78 is 5.69. The zero-order valence-corrected chi connectivity index (χ0v) is 16.6. The second-order valence-electron chi connectivity index (χ2n) is 7.24. The van der Waals surface area contributed by atoms with Crippen LogP contribution in [-0.4, -0.2) is 44.1 Å². The van der Waals surface area contributed by atoms with E-state index in [1.165, 1.54) is 6.42 Å². The van der Waals surface area contributed by atoms with Gasteiger partial charge in [0.25, 0.3) is 0 Å². The van der Waals surface area contributed by atoms with Crippen LogP contribution in [-0.2, 0) is 11.2 Å². The molecule has 4 nitrogen and oxygen atoms in total. The highest BCUT2D eigenvalue weighted by Crippen LogP contribution is 2.21. The molecule has 1 fully saturated rings. The van der Waals surface area contributed by atoms with E-state index in [1.54, 1.807) is 0 Å². The molecule has 0 aliphatic carbocycles. The molecule has 5 heteroatoms. The topological polar surface area (TPSA) is 41.6 Å². The van der Waals surface area contributed by atoms with Crippen LogP contribution < -0.4 is 10.1 Å². The second kappa shape index (κ2) is 11.4. The number of amides is 1. The summed E-state index contributed by atoms with van der Waals surface area (Å²) in [5.74, 6) is 2.41. The summed E-state index contributed by atoms with van der Waals surface area (Å²) in [6.07, 6.45) is 3.98. The minimum absolute atomic E-state index is 0. The lowest BCUT2D eigenvalue weighted by Gasteiger charge is -2.32. The van der Waals surface area contributed by atoms with Crippen LogP contribution in [0.5, 0.6) is 5.75 Å². The lowest BCUT2D eigenvalue weighted by atomic mass is 9.93. The first kappa shape index (κ1) is 21.8. The predicted molar refractivity (Wildman–Crippen MR) is 106 cm³/mol. The molecular formula is C20H33ClN2O2. The molecule has 0 bridgehead atoms. The Hall–Kier alpha value is -1.26. The molecule has 0 saturated carbocycles. The van der Waals surface area contributed by atoms with Crippen LogP contribution in [0.15, 0.2) is 24.3 Å². The maximum Gasteiger partial charge on any atom is 0.226 e. The minimum Gasteiger partial charge on any atom is -0.493 e. The van der Waals surface area contributed by atoms with Crippen LogP contribution in [0.25, 0.3) is 0 Å². The Bertz CT molecular complexity index is 497. The van der Waals surface area contributed by atoms with Crippen LogP contribution in [0, 0.1) is 11.8 Å². The molecule has 142 valence electrons. The maximum atomic E-state index is 12.5. The smallest absolute Gasteiger partial charge is 0.226 e. The van der Waals surface area contributed by atoms with Crippen molar-refractivity contribution in [2.75, 3.05) is 33.3 Å². The normalized spacial score (nSPS) is 15.1. The van der Waals surface area contributed by atoms with Crippen molar-refractivity contribution in [3.8, 4) is 5.75 Å². The second-order valence-corrected chi connectivity index (χ2v) is 7.24. The maximum absolute atomic E-state index is 12.5. The summed E-state index contributed by atoms with van der Waals surface area (Å²) in [6, 6.07) is 7.95. The molecule has 2 rings (SSSR count). The average molecular weight is 369 g/mol. The van der Waals surface area contributed by atoms with E-state index in [4.69, 9.17) is 4.74 Å². The van der Waals surface area contributed by atoms with Gasteiger partial charge in [0.15, 0.2) is 0 Å². The number of nitrogens with zero attached hydrogens (tertiary/aromatic N) is 1. The lowest BCUT2D eigenvalue weighted by molar-refractivity contribution is -0.131. The fraction of sp³-hybridized carbons (Fsp3) is 0.650. The number of halogens is 1. The zero-order valence-electron chi connectivity index (χ0n) is 15.8. The average Bonchev–Trinajstić information content (AvgIpc) is 2.59. The number of rotatable bonds is 8. The van der Waals surface area contributed by atoms with E-state index in [9.17, 15) is 4.79 Å². The third-order valence-corrected chi connectivity index (χ3v) is 4.63. The first-order valence-electron chi connectivity index (χ1n) is 9.22. The number of piperidine rings is 1. The summed E-state index contributed by atoms with van der Waals surface area (Å²) in [6.45, 7) is 7.88. The molecule has 1 N–H and O–H groups in total. The van der Waals surface area contributed by atoms with Crippen LogP contribution in [0.4, 0.5) is 0 Å². The quantitative estimate of drug-likeness (QED) is 0.763. The molecule has 1 aliphatic rings. The molecule has 25 heavy (non-hydrogen) atoms. The summed E-state index contributed by atoms with van der Waals surface area (Å²) in [5.41, 5.74) is 1.06. The van der Waals surface area contributed by atoms with E-state index in [0.29, 0.717) is 12.3 Å². The number of ether oxygens (including phenoxy) is 1. The molecular weight excluding hydrogens is 336 g/mol. The van der Waals surface area contributed by atoms with Gasteiger partial charge in [0.05, 0.1) is 13.0 Å². The molecule has 0 spiro atoms. The van der Waals surface area contributed by atoms with Crippen molar-refractivity contribution >= 4 is 18.3 Å². The van der Waals surface area contributed by atoms with Crippen molar-refractivity contribution in [1.29, 1.82) is 0 Å². The van der Waals surface area contributed by atoms with Gasteiger partial charge in [0.2, 0.25) is 5.91 Å². The summed E-state index contributed by atoms with van der Waals surface area (Å²) in [4.78, 5) is 14.5. The first-order chi connectivity index (χ1) is 11.6. The highest BCUT2D eigenvalue weighted by atomic mass is 35.5. The highest BCUT2D eigenvalue weighted by molar-refractivity contribution is 5.85. The fourth-order valence-corrected chi connectivity index (χ4v) is 3.07. The van der Waals surface area contributed by atoms with Crippen molar-refractivity contribution < 1.29 is 9.53 Å². The van der Waals surface area contributed by atoms with Crippen molar-refractivity contribution in [2.24, 2.45) is 11.8 Å². The van der Waals surface area contributed by atoms with E-state index >= 15 is 0 Å². The van der Waals surface area contributed by atoms with Gasteiger partial charge >= 0.3 is 0 Å². The van der Waals surface area contributed by atoms with Gasteiger partial charge in [-0.25, -0.2) is 0 Å². The third-order valence-electron chi connectivity index (χ3n) is 4.63. The molecule has 0 atom stereocenters. The Morgan fingerprint density at radius 3 is 2.44 bits per heavy atom. The van der Waals surface area contributed by atoms with Crippen molar-refractivity contribution in [3.63, 3.8) is 0 Å². The van der Waals surface area contributed by atoms with Gasteiger partial charge in [-0.1, -0.05) is 26.0 Å². The van der Waals surface area contributed by atoms with E-state index in [1.807, 2.05) is 36.2 Å². The Balaban J connectivity index is 0.00000312. The van der Waals surface area contributed by atoms with Crippen molar-refractivity contribution in [1.82, 2.24) is 10.2 Å². The van der Waals surface area contributed by atoms with E-state index in [-0.39, 0.29) is 18.3 Å². The summed E-state index contributed by atoms with van der Waals surface area (Å²) >= 11 is 0. The molecule has 1 saturated heterocycles. The molecule has 1 aromatic carbocycles. The number of carbonyl (C=O) groups is 1. The fourth-order valence-electron chi connectivity index (χ4n) is 3.07. The predicted octanol–water partition coefficient (Wildman–Crippen LogP) is 3.53. The van der Waals surface area contributed by atoms with Gasteiger partial charge in [-0.3, -0.25) is 4.79 Å². The van der Waals surface area contributed by atoms with E-state index in [0.717, 1.165) is 56.3 Å². The van der Waals surface area contributed by atoms with Crippen molar-refractivity contribution in [2.45, 2.75) is 39.5 Å². The number of hydrogen-bond donors (Lipinski definition) is 1. The molecule has 1 aliphatic heterocycles. The van der Waals surface area contributed by atoms with Crippen molar-refractivity contribution in [3.05, 3.63) is 29.8 Å². The van der Waals surface area contributed by atoms with Gasteiger partial charge in [0.1, 0.15) is 5.75 Å². The SMILES string of the molecule is CNCCC1CCN(C(=O)Cc2ccc(OCC(C)C)cc2)CC1.Cl. The molecule has 1 amide bonds. The molecule has 0 aromatic heterocycles. The molecule has 1 aromatic rings. The first-order valence-corrected chi connectivity index (χ1v) is 9.22. The number of likely N-dealkylation sites (tertiary alicyclic amines) is 1. The number of carbonyl (C=O) groups excluding carboxylic acids is 1. The third kappa shape index (κ3) is 7.66. The Morgan fingerprint density at radius 1 is 1.24 bits per heavy atom. The van der Waals surface area contributed by atoms with Crippen LogP contribution in [0.1, 0.15) is 38.7 Å². The van der Waals surface area contributed by atoms with Gasteiger partial charge < -0.3 is 15.0 Å². The van der Waals surface area contributed by atoms with Gasteiger partial charge in [-0.2, -0.15) is 0 Å². The Labute approximate surface area is 158 Å². The van der Waals surface area contributed by atoms with Gasteiger partial charge in [-0.05, 0) is 62.4 Å². The molecule has 0 radical (unpaired) electrons. The van der Waals surface area contributed by atoms with Gasteiger partial charge in [0, 0.05) is 13.1 Å². The highest BCUT2D eigenvalue weighted by Gasteiger charge is 2.22. The summed E-state index contributed by atoms with van der Waals surface area (Å²) in [5, 5.41) is 3.21. The largest absolute Gasteiger partial charge is 0.493 e. The van der Waals surface area contributed by atoms with Gasteiger partial charge in [-0.15, -0.1) is 12.4 Å². The molecule has 1 heterocycles. The standard InChI is InChI=1S/C20H32N2O2.ClH/c1-16(2)15-24-19-6-4-18(5-7-19)14-20(23)22-12-9-17(10-13-22)8-11-21-3;/h4-7,16-17,21H,8-15H2,1-3H3;1H. The van der Waals surface area contributed by atoms with E-state index in [2.05, 4.69) is 19.2 Å².